The summed E-state index contributed by atoms with van der Waals surface area (Å²) in [6, 6.07) is 16.7. The van der Waals surface area contributed by atoms with Gasteiger partial charge in [-0.15, -0.1) is 0 Å². The number of carbonyl (C=O) groups is 1. The average molecular weight is 408 g/mol. The van der Waals surface area contributed by atoms with Crippen molar-refractivity contribution >= 4 is 11.8 Å². The molecule has 0 bridgehead atoms. The number of carbonyl (C=O) groups excluding carboxylic acids is 1. The molecule has 0 aromatic heterocycles. The van der Waals surface area contributed by atoms with E-state index in [1.807, 2.05) is 35.2 Å². The Balaban J connectivity index is 1.52. The maximum Gasteiger partial charge on any atom is 0.410 e. The zero-order valence-electron chi connectivity index (χ0n) is 18.4. The zero-order valence-corrected chi connectivity index (χ0v) is 18.4. The second-order valence-electron chi connectivity index (χ2n) is 8.70. The van der Waals surface area contributed by atoms with Crippen LogP contribution in [-0.4, -0.2) is 55.7 Å². The van der Waals surface area contributed by atoms with E-state index in [4.69, 9.17) is 4.74 Å². The molecule has 2 aromatic carbocycles. The highest BCUT2D eigenvalue weighted by atomic mass is 16.6. The molecule has 5 nitrogen and oxygen atoms in total. The quantitative estimate of drug-likeness (QED) is 0.742. The van der Waals surface area contributed by atoms with E-state index >= 15 is 0 Å². The van der Waals surface area contributed by atoms with Crippen LogP contribution in [-0.2, 0) is 11.3 Å². The van der Waals surface area contributed by atoms with Gasteiger partial charge in [0, 0.05) is 38.4 Å². The van der Waals surface area contributed by atoms with Crippen molar-refractivity contribution in [2.45, 2.75) is 38.8 Å². The van der Waals surface area contributed by atoms with Crippen LogP contribution in [0.15, 0.2) is 48.5 Å². The normalized spacial score (nSPS) is 22.4. The van der Waals surface area contributed by atoms with Gasteiger partial charge in [-0.05, 0) is 55.1 Å². The predicted octanol–water partition coefficient (Wildman–Crippen LogP) is 4.65. The smallest absolute Gasteiger partial charge is 0.410 e. The summed E-state index contributed by atoms with van der Waals surface area (Å²) in [5.74, 6) is 0.427. The Hall–Kier alpha value is -2.53. The van der Waals surface area contributed by atoms with E-state index in [0.717, 1.165) is 38.2 Å². The molecule has 5 heteroatoms. The summed E-state index contributed by atoms with van der Waals surface area (Å²) < 4.78 is 5.67. The van der Waals surface area contributed by atoms with Crippen molar-refractivity contribution < 1.29 is 9.53 Å². The fourth-order valence-corrected chi connectivity index (χ4v) is 4.54. The molecule has 0 saturated carbocycles. The summed E-state index contributed by atoms with van der Waals surface area (Å²) in [5.41, 5.74) is 4.90. The maximum absolute atomic E-state index is 13.0. The van der Waals surface area contributed by atoms with E-state index in [0.29, 0.717) is 19.1 Å². The number of hydrogen-bond donors (Lipinski definition) is 0. The Bertz CT molecular complexity index is 862. The molecule has 4 rings (SSSR count). The van der Waals surface area contributed by atoms with Gasteiger partial charge in [-0.1, -0.05) is 43.3 Å². The first-order valence-electron chi connectivity index (χ1n) is 11.1. The lowest BCUT2D eigenvalue weighted by Crippen LogP contribution is -2.44. The third-order valence-electron chi connectivity index (χ3n) is 6.63. The minimum absolute atomic E-state index is 0.000590. The van der Waals surface area contributed by atoms with Gasteiger partial charge in [0.05, 0.1) is 6.04 Å². The summed E-state index contributed by atoms with van der Waals surface area (Å²) in [6.45, 7) is 9.68. The molecule has 0 unspecified atom stereocenters. The number of benzene rings is 2. The number of anilines is 1. The number of ether oxygens (including phenoxy) is 1. The number of amides is 1. The molecule has 0 spiro atoms. The molecule has 2 aliphatic rings. The lowest BCUT2D eigenvalue weighted by molar-refractivity contribution is 0.0834. The first-order valence-corrected chi connectivity index (χ1v) is 11.1. The second kappa shape index (κ2) is 9.09. The number of hydrogen-bond acceptors (Lipinski definition) is 4. The maximum atomic E-state index is 13.0. The average Bonchev–Trinajstić information content (AvgIpc) is 2.90. The van der Waals surface area contributed by atoms with Crippen LogP contribution in [0.4, 0.5) is 10.5 Å². The van der Waals surface area contributed by atoms with Gasteiger partial charge in [0.15, 0.2) is 0 Å². The SMILES string of the molecule is C[C@@H]1c2cc(N3CCN(C)CC3)ccc2[C@@H](C)CCN1C(=O)OCc1ccccc1. The minimum atomic E-state index is -0.226. The van der Waals surface area contributed by atoms with Crippen molar-refractivity contribution in [1.29, 1.82) is 0 Å². The van der Waals surface area contributed by atoms with Crippen LogP contribution in [0.1, 0.15) is 48.9 Å². The fraction of sp³-hybridized carbons (Fsp3) is 0.480. The van der Waals surface area contributed by atoms with Crippen LogP contribution < -0.4 is 4.90 Å². The first-order chi connectivity index (χ1) is 14.5. The monoisotopic (exact) mass is 407 g/mol. The van der Waals surface area contributed by atoms with Gasteiger partial charge in [0.25, 0.3) is 0 Å². The Morgan fingerprint density at radius 2 is 1.70 bits per heavy atom. The van der Waals surface area contributed by atoms with E-state index in [1.165, 1.54) is 16.8 Å². The molecule has 1 amide bonds. The lowest BCUT2D eigenvalue weighted by Gasteiger charge is -2.35. The molecule has 2 heterocycles. The van der Waals surface area contributed by atoms with E-state index in [2.05, 4.69) is 48.9 Å². The Morgan fingerprint density at radius 3 is 2.43 bits per heavy atom. The summed E-state index contributed by atoms with van der Waals surface area (Å²) in [5, 5.41) is 0. The van der Waals surface area contributed by atoms with Crippen LogP contribution in [0.5, 0.6) is 0 Å². The second-order valence-corrected chi connectivity index (χ2v) is 8.70. The molecule has 160 valence electrons. The molecular weight excluding hydrogens is 374 g/mol. The molecule has 0 aliphatic carbocycles. The lowest BCUT2D eigenvalue weighted by atomic mass is 9.91. The number of piperazine rings is 1. The van der Waals surface area contributed by atoms with Gasteiger partial charge < -0.3 is 19.4 Å². The molecule has 2 aliphatic heterocycles. The highest BCUT2D eigenvalue weighted by Crippen LogP contribution is 2.37. The van der Waals surface area contributed by atoms with Crippen molar-refractivity contribution in [3.63, 3.8) is 0 Å². The van der Waals surface area contributed by atoms with Crippen molar-refractivity contribution in [2.24, 2.45) is 0 Å². The van der Waals surface area contributed by atoms with Gasteiger partial charge in [0.1, 0.15) is 6.61 Å². The number of likely N-dealkylation sites (N-methyl/N-ethyl adjacent to an activating group) is 1. The minimum Gasteiger partial charge on any atom is -0.445 e. The number of nitrogens with zero attached hydrogens (tertiary/aromatic N) is 3. The van der Waals surface area contributed by atoms with Crippen LogP contribution in [0.25, 0.3) is 0 Å². The largest absolute Gasteiger partial charge is 0.445 e. The third-order valence-corrected chi connectivity index (χ3v) is 6.63. The van der Waals surface area contributed by atoms with Gasteiger partial charge in [-0.25, -0.2) is 4.79 Å². The van der Waals surface area contributed by atoms with E-state index in [9.17, 15) is 4.79 Å². The number of fused-ring (bicyclic) bond motifs is 1. The fourth-order valence-electron chi connectivity index (χ4n) is 4.54. The first kappa shape index (κ1) is 20.7. The van der Waals surface area contributed by atoms with Crippen molar-refractivity contribution in [3.05, 3.63) is 65.2 Å². The van der Waals surface area contributed by atoms with Gasteiger partial charge in [-0.3, -0.25) is 0 Å². The van der Waals surface area contributed by atoms with Crippen molar-refractivity contribution in [3.8, 4) is 0 Å². The summed E-state index contributed by atoms with van der Waals surface area (Å²) in [7, 11) is 2.18. The molecule has 2 atom stereocenters. The van der Waals surface area contributed by atoms with E-state index in [-0.39, 0.29) is 12.1 Å². The molecule has 1 saturated heterocycles. The Labute approximate surface area is 180 Å². The number of rotatable bonds is 3. The predicted molar refractivity (Wildman–Crippen MR) is 121 cm³/mol. The Morgan fingerprint density at radius 1 is 0.967 bits per heavy atom. The Kier molecular flexibility index (Phi) is 6.28. The molecule has 0 N–H and O–H groups in total. The van der Waals surface area contributed by atoms with Crippen LogP contribution >= 0.6 is 0 Å². The highest BCUT2D eigenvalue weighted by Gasteiger charge is 2.30. The van der Waals surface area contributed by atoms with Gasteiger partial charge >= 0.3 is 6.09 Å². The standard InChI is InChI=1S/C25H33N3O2/c1-19-11-12-28(25(29)30-18-21-7-5-4-6-8-21)20(2)24-17-22(9-10-23(19)24)27-15-13-26(3)14-16-27/h4-10,17,19-20H,11-16,18H2,1-3H3/t19-,20+/m0/s1. The van der Waals surface area contributed by atoms with Gasteiger partial charge in [0.2, 0.25) is 0 Å². The molecular formula is C25H33N3O2. The summed E-state index contributed by atoms with van der Waals surface area (Å²) in [6.07, 6.45) is 0.724. The van der Waals surface area contributed by atoms with Crippen molar-refractivity contribution in [2.75, 3.05) is 44.7 Å². The van der Waals surface area contributed by atoms with Crippen LogP contribution in [0, 0.1) is 0 Å². The molecule has 30 heavy (non-hydrogen) atoms. The topological polar surface area (TPSA) is 36.0 Å². The summed E-state index contributed by atoms with van der Waals surface area (Å²) in [4.78, 5) is 19.7. The molecule has 0 radical (unpaired) electrons. The summed E-state index contributed by atoms with van der Waals surface area (Å²) >= 11 is 0. The zero-order chi connectivity index (χ0) is 21.1. The molecule has 1 fully saturated rings. The van der Waals surface area contributed by atoms with Crippen LogP contribution in [0.2, 0.25) is 0 Å². The van der Waals surface area contributed by atoms with Crippen molar-refractivity contribution in [1.82, 2.24) is 9.80 Å². The molecule has 2 aromatic rings. The van der Waals surface area contributed by atoms with E-state index < -0.39 is 0 Å². The van der Waals surface area contributed by atoms with Gasteiger partial charge in [-0.2, -0.15) is 0 Å². The highest BCUT2D eigenvalue weighted by molar-refractivity contribution is 5.69. The van der Waals surface area contributed by atoms with E-state index in [1.54, 1.807) is 0 Å². The van der Waals surface area contributed by atoms with Crippen LogP contribution in [0.3, 0.4) is 0 Å². The third kappa shape index (κ3) is 4.46.